The maximum Gasteiger partial charge on any atom is 0.348 e. The van der Waals surface area contributed by atoms with Gasteiger partial charge in [-0.2, -0.15) is 0 Å². The van der Waals surface area contributed by atoms with Crippen molar-refractivity contribution in [2.24, 2.45) is 0 Å². The fourth-order valence-electron chi connectivity index (χ4n) is 1.93. The number of Topliss-reactive ketones (excluding diaryl/α,β-unsaturated/α-hetero) is 1. The van der Waals surface area contributed by atoms with E-state index in [9.17, 15) is 14.4 Å². The highest BCUT2D eigenvalue weighted by molar-refractivity contribution is 7.15. The number of thiophene rings is 1. The number of rotatable bonds is 7. The number of esters is 1. The Labute approximate surface area is 148 Å². The number of ketones is 1. The van der Waals surface area contributed by atoms with Gasteiger partial charge in [0.15, 0.2) is 12.4 Å². The highest BCUT2D eigenvalue weighted by Crippen LogP contribution is 2.17. The van der Waals surface area contributed by atoms with Gasteiger partial charge in [0, 0.05) is 11.6 Å². The van der Waals surface area contributed by atoms with Crippen molar-refractivity contribution < 1.29 is 19.1 Å². The molecule has 0 saturated heterocycles. The highest BCUT2D eigenvalue weighted by Gasteiger charge is 2.14. The minimum absolute atomic E-state index is 0.113. The molecule has 0 radical (unpaired) electrons. The van der Waals surface area contributed by atoms with Gasteiger partial charge in [-0.05, 0) is 43.2 Å². The van der Waals surface area contributed by atoms with Gasteiger partial charge in [0.1, 0.15) is 4.88 Å². The third-order valence-electron chi connectivity index (χ3n) is 3.11. The molecule has 24 heavy (non-hydrogen) atoms. The van der Waals surface area contributed by atoms with E-state index in [0.717, 1.165) is 16.9 Å². The van der Waals surface area contributed by atoms with Crippen LogP contribution in [0.5, 0.6) is 0 Å². The summed E-state index contributed by atoms with van der Waals surface area (Å²) in [6.07, 6.45) is 0.632. The van der Waals surface area contributed by atoms with Crippen LogP contribution in [0.1, 0.15) is 31.8 Å². The van der Waals surface area contributed by atoms with Gasteiger partial charge in [-0.3, -0.25) is 9.59 Å². The van der Waals surface area contributed by atoms with Crippen LogP contribution in [-0.4, -0.2) is 30.8 Å². The maximum atomic E-state index is 11.8. The van der Waals surface area contributed by atoms with Crippen molar-refractivity contribution >= 4 is 40.6 Å². The molecule has 2 aromatic rings. The molecule has 0 aliphatic carbocycles. The maximum absolute atomic E-state index is 11.8. The molecule has 0 unspecified atom stereocenters. The molecule has 0 aliphatic heterocycles. The molecule has 7 heteroatoms. The average molecular weight is 366 g/mol. The van der Waals surface area contributed by atoms with E-state index in [0.29, 0.717) is 27.7 Å². The number of hydrogen-bond donors (Lipinski definition) is 1. The van der Waals surface area contributed by atoms with Crippen LogP contribution in [0, 0.1) is 0 Å². The molecule has 1 aromatic heterocycles. The first-order chi connectivity index (χ1) is 11.5. The summed E-state index contributed by atoms with van der Waals surface area (Å²) in [7, 11) is 0. The van der Waals surface area contributed by atoms with Gasteiger partial charge < -0.3 is 10.1 Å². The molecule has 1 heterocycles. The molecule has 0 aliphatic rings. The van der Waals surface area contributed by atoms with Crippen molar-refractivity contribution in [3.8, 4) is 0 Å². The normalized spacial score (nSPS) is 10.2. The second kappa shape index (κ2) is 8.61. The van der Waals surface area contributed by atoms with E-state index in [2.05, 4.69) is 5.32 Å². The van der Waals surface area contributed by atoms with Crippen LogP contribution in [0.4, 0.5) is 0 Å². The molecule has 2 rings (SSSR count). The van der Waals surface area contributed by atoms with Crippen molar-refractivity contribution in [1.29, 1.82) is 0 Å². The lowest BCUT2D eigenvalue weighted by Gasteiger charge is -2.06. The smallest absolute Gasteiger partial charge is 0.348 e. The Morgan fingerprint density at radius 1 is 1.17 bits per heavy atom. The van der Waals surface area contributed by atoms with E-state index in [1.54, 1.807) is 12.1 Å². The first-order valence-electron chi connectivity index (χ1n) is 7.25. The van der Waals surface area contributed by atoms with Gasteiger partial charge in [0.05, 0.1) is 4.88 Å². The summed E-state index contributed by atoms with van der Waals surface area (Å²) in [6, 6.07) is 10.5. The number of nitrogens with one attached hydrogen (secondary N) is 1. The largest absolute Gasteiger partial charge is 0.451 e. The summed E-state index contributed by atoms with van der Waals surface area (Å²) in [5.74, 6) is -1.11. The van der Waals surface area contributed by atoms with E-state index in [-0.39, 0.29) is 18.3 Å². The Kier molecular flexibility index (Phi) is 6.52. The number of hydrogen-bond acceptors (Lipinski definition) is 5. The summed E-state index contributed by atoms with van der Waals surface area (Å²) < 4.78 is 4.93. The lowest BCUT2D eigenvalue weighted by atomic mass is 10.1. The zero-order valence-electron chi connectivity index (χ0n) is 13.0. The van der Waals surface area contributed by atoms with Crippen LogP contribution in [0.2, 0.25) is 5.02 Å². The number of carbonyl (C=O) groups is 3. The van der Waals surface area contributed by atoms with Crippen LogP contribution < -0.4 is 5.32 Å². The average Bonchev–Trinajstić information content (AvgIpc) is 3.03. The third kappa shape index (κ3) is 5.47. The molecular formula is C17H16ClNO4S. The van der Waals surface area contributed by atoms with E-state index >= 15 is 0 Å². The number of benzene rings is 1. The Morgan fingerprint density at radius 3 is 2.58 bits per heavy atom. The molecule has 1 N–H and O–H groups in total. The third-order valence-corrected chi connectivity index (χ3v) is 4.51. The Hall–Kier alpha value is -2.18. The van der Waals surface area contributed by atoms with Crippen molar-refractivity contribution in [3.05, 3.63) is 56.7 Å². The molecule has 0 fully saturated rings. The van der Waals surface area contributed by atoms with Crippen molar-refractivity contribution in [2.75, 3.05) is 13.2 Å². The molecule has 126 valence electrons. The van der Waals surface area contributed by atoms with Crippen LogP contribution in [-0.2, 0) is 16.0 Å². The summed E-state index contributed by atoms with van der Waals surface area (Å²) in [5.41, 5.74) is 1.01. The summed E-state index contributed by atoms with van der Waals surface area (Å²) >= 11 is 6.93. The molecule has 0 spiro atoms. The second-order valence-corrected chi connectivity index (χ2v) is 6.55. The second-order valence-electron chi connectivity index (χ2n) is 5.03. The van der Waals surface area contributed by atoms with E-state index in [4.69, 9.17) is 16.3 Å². The molecule has 0 saturated carbocycles. The fraction of sp³-hybridized carbons (Fsp3) is 0.235. The van der Waals surface area contributed by atoms with Crippen LogP contribution >= 0.6 is 22.9 Å². The molecular weight excluding hydrogens is 350 g/mol. The zero-order chi connectivity index (χ0) is 17.5. The van der Waals surface area contributed by atoms with Gasteiger partial charge in [0.25, 0.3) is 5.91 Å². The van der Waals surface area contributed by atoms with Crippen LogP contribution in [0.15, 0.2) is 36.4 Å². The van der Waals surface area contributed by atoms with Gasteiger partial charge in [0.2, 0.25) is 0 Å². The zero-order valence-corrected chi connectivity index (χ0v) is 14.6. The van der Waals surface area contributed by atoms with Gasteiger partial charge in [-0.25, -0.2) is 4.79 Å². The topological polar surface area (TPSA) is 72.5 Å². The van der Waals surface area contributed by atoms with Crippen LogP contribution in [0.3, 0.4) is 0 Å². The summed E-state index contributed by atoms with van der Waals surface area (Å²) in [4.78, 5) is 35.5. The lowest BCUT2D eigenvalue weighted by Crippen LogP contribution is -2.30. The fourth-order valence-corrected chi connectivity index (χ4v) is 2.94. The number of carbonyl (C=O) groups excluding carboxylic acids is 3. The molecule has 0 bridgehead atoms. The Balaban J connectivity index is 1.72. The van der Waals surface area contributed by atoms with Crippen molar-refractivity contribution in [2.45, 2.75) is 13.3 Å². The lowest BCUT2D eigenvalue weighted by molar-refractivity contribution is -0.124. The van der Waals surface area contributed by atoms with Crippen molar-refractivity contribution in [1.82, 2.24) is 5.32 Å². The quantitative estimate of drug-likeness (QED) is 0.604. The summed E-state index contributed by atoms with van der Waals surface area (Å²) in [5, 5.41) is 3.32. The van der Waals surface area contributed by atoms with Gasteiger partial charge in [-0.15, -0.1) is 11.3 Å². The number of ether oxygens (including phenoxy) is 1. The Bertz CT molecular complexity index is 757. The van der Waals surface area contributed by atoms with Crippen LogP contribution in [0.25, 0.3) is 0 Å². The van der Waals surface area contributed by atoms with Gasteiger partial charge >= 0.3 is 5.97 Å². The highest BCUT2D eigenvalue weighted by atomic mass is 35.5. The summed E-state index contributed by atoms with van der Waals surface area (Å²) in [6.45, 7) is 1.49. The number of halogens is 1. The Morgan fingerprint density at radius 2 is 1.92 bits per heavy atom. The SMILES string of the molecule is CC(=O)c1ccc(C(=O)OCC(=O)NCCc2cccc(Cl)c2)s1. The first kappa shape index (κ1) is 18.2. The van der Waals surface area contributed by atoms with E-state index in [1.807, 2.05) is 18.2 Å². The van der Waals surface area contributed by atoms with E-state index < -0.39 is 5.97 Å². The molecule has 0 atom stereocenters. The predicted molar refractivity (Wildman–Crippen MR) is 92.8 cm³/mol. The molecule has 1 amide bonds. The standard InChI is InChI=1S/C17H16ClNO4S/c1-11(20)14-5-6-15(24-14)17(22)23-10-16(21)19-8-7-12-3-2-4-13(18)9-12/h2-6,9H,7-8,10H2,1H3,(H,19,21). The first-order valence-corrected chi connectivity index (χ1v) is 8.44. The van der Waals surface area contributed by atoms with E-state index in [1.165, 1.54) is 13.0 Å². The van der Waals surface area contributed by atoms with Gasteiger partial charge in [-0.1, -0.05) is 23.7 Å². The molecule has 1 aromatic carbocycles. The minimum atomic E-state index is -0.613. The monoisotopic (exact) mass is 365 g/mol. The minimum Gasteiger partial charge on any atom is -0.451 e. The predicted octanol–water partition coefficient (Wildman–Crippen LogP) is 3.12. The van der Waals surface area contributed by atoms with Crippen molar-refractivity contribution in [3.63, 3.8) is 0 Å². The molecule has 5 nitrogen and oxygen atoms in total. The number of amides is 1.